The average molecular weight is 825 g/mol. The van der Waals surface area contributed by atoms with E-state index in [0.717, 1.165) is 64.2 Å². The van der Waals surface area contributed by atoms with E-state index < -0.39 is 32.5 Å². The number of unbranched alkanes of at least 4 members (excludes halogenated alkanes) is 14. The normalized spacial score (nSPS) is 14.7. The predicted octanol–water partition coefficient (Wildman–Crippen LogP) is 11.4. The smallest absolute Gasteiger partial charge is 0.462 e. The monoisotopic (exact) mass is 825 g/mol. The van der Waals surface area contributed by atoms with Crippen LogP contribution in [0, 0.1) is 0 Å². The molecule has 1 unspecified atom stereocenters. The van der Waals surface area contributed by atoms with E-state index in [-0.39, 0.29) is 32.2 Å². The summed E-state index contributed by atoms with van der Waals surface area (Å²) in [5, 5.41) is 9.90. The number of likely N-dealkylation sites (N-methyl/N-ethyl adjacent to an activating group) is 1. The summed E-state index contributed by atoms with van der Waals surface area (Å²) in [6.45, 7) is 4.19. The maximum atomic E-state index is 12.7. The molecule has 0 saturated heterocycles. The first-order valence-electron chi connectivity index (χ1n) is 22.1. The number of ether oxygens (including phenoxy) is 2. The molecule has 0 aromatic rings. The first-order valence-corrected chi connectivity index (χ1v) is 23.6. The van der Waals surface area contributed by atoms with Crippen LogP contribution >= 0.6 is 7.82 Å². The summed E-state index contributed by atoms with van der Waals surface area (Å²) < 4.78 is 34.2. The van der Waals surface area contributed by atoms with Crippen molar-refractivity contribution < 1.29 is 47.2 Å². The molecule has 0 bridgehead atoms. The molecule has 0 aromatic heterocycles. The molecular formula is C46H83NO9P+. The minimum Gasteiger partial charge on any atom is -0.462 e. The van der Waals surface area contributed by atoms with Crippen molar-refractivity contribution in [2.24, 2.45) is 0 Å². The number of phosphoric ester groups is 1. The SMILES string of the molecule is CCCCCC/C=C\CCCCCCCCCC(=O)O[C@H](COC(=O)CCC/C=C\C/C=C\C/C=C\C=C\[C@H](O)CCCCC)COP(=O)(O)OCC[N+](C)(C)C. The number of phosphoric acid groups is 1. The molecule has 0 saturated carbocycles. The van der Waals surface area contributed by atoms with Crippen molar-refractivity contribution in [2.45, 2.75) is 174 Å². The van der Waals surface area contributed by atoms with Crippen molar-refractivity contribution >= 4 is 19.8 Å². The molecule has 0 aromatic carbocycles. The van der Waals surface area contributed by atoms with E-state index in [0.29, 0.717) is 30.3 Å². The predicted molar refractivity (Wildman–Crippen MR) is 235 cm³/mol. The summed E-state index contributed by atoms with van der Waals surface area (Å²) in [6.07, 6.45) is 41.7. The van der Waals surface area contributed by atoms with Crippen LogP contribution in [0.4, 0.5) is 0 Å². The van der Waals surface area contributed by atoms with Gasteiger partial charge in [-0.25, -0.2) is 4.57 Å². The molecule has 0 aliphatic heterocycles. The Balaban J connectivity index is 4.51. The van der Waals surface area contributed by atoms with Gasteiger partial charge in [0.15, 0.2) is 6.10 Å². The number of quaternary nitrogens is 1. The highest BCUT2D eigenvalue weighted by Crippen LogP contribution is 2.43. The Morgan fingerprint density at radius 2 is 1.18 bits per heavy atom. The average Bonchev–Trinajstić information content (AvgIpc) is 3.15. The van der Waals surface area contributed by atoms with E-state index in [9.17, 15) is 24.2 Å². The summed E-state index contributed by atoms with van der Waals surface area (Å²) >= 11 is 0. The highest BCUT2D eigenvalue weighted by molar-refractivity contribution is 7.47. The van der Waals surface area contributed by atoms with E-state index in [2.05, 4.69) is 44.2 Å². The lowest BCUT2D eigenvalue weighted by atomic mass is 10.1. The summed E-state index contributed by atoms with van der Waals surface area (Å²) in [5.74, 6) is -0.900. The number of esters is 2. The fourth-order valence-electron chi connectivity index (χ4n) is 5.58. The second kappa shape index (κ2) is 37.9. The lowest BCUT2D eigenvalue weighted by Gasteiger charge is -2.24. The molecule has 0 aliphatic rings. The van der Waals surface area contributed by atoms with E-state index in [1.54, 1.807) is 0 Å². The van der Waals surface area contributed by atoms with Crippen molar-refractivity contribution in [3.8, 4) is 0 Å². The number of aliphatic hydroxyl groups excluding tert-OH is 1. The van der Waals surface area contributed by atoms with Gasteiger partial charge in [0.1, 0.15) is 19.8 Å². The fourth-order valence-corrected chi connectivity index (χ4v) is 6.32. The van der Waals surface area contributed by atoms with Gasteiger partial charge in [-0.2, -0.15) is 0 Å². The second-order valence-corrected chi connectivity index (χ2v) is 17.4. The molecule has 0 radical (unpaired) electrons. The highest BCUT2D eigenvalue weighted by Gasteiger charge is 2.27. The van der Waals surface area contributed by atoms with E-state index in [1.165, 1.54) is 51.4 Å². The van der Waals surface area contributed by atoms with Crippen LogP contribution in [0.15, 0.2) is 60.8 Å². The molecule has 0 aliphatic carbocycles. The maximum absolute atomic E-state index is 12.7. The molecular weight excluding hydrogens is 741 g/mol. The van der Waals surface area contributed by atoms with Crippen LogP contribution in [-0.2, 0) is 32.7 Å². The molecule has 11 heteroatoms. The van der Waals surface area contributed by atoms with Gasteiger partial charge in [-0.15, -0.1) is 0 Å². The zero-order chi connectivity index (χ0) is 42.3. The van der Waals surface area contributed by atoms with E-state index >= 15 is 0 Å². The number of hydrogen-bond acceptors (Lipinski definition) is 8. The van der Waals surface area contributed by atoms with Gasteiger partial charge in [-0.1, -0.05) is 145 Å². The Kier molecular flexibility index (Phi) is 36.4. The number of allylic oxidation sites excluding steroid dienone is 9. The van der Waals surface area contributed by atoms with E-state index in [1.807, 2.05) is 51.5 Å². The maximum Gasteiger partial charge on any atom is 0.472 e. The van der Waals surface area contributed by atoms with Crippen molar-refractivity contribution in [1.29, 1.82) is 0 Å². The Hall–Kier alpha value is -2.33. The third kappa shape index (κ3) is 41.6. The third-order valence-corrected chi connectivity index (χ3v) is 10.1. The summed E-state index contributed by atoms with van der Waals surface area (Å²) in [7, 11) is 1.41. The minimum absolute atomic E-state index is 0.0126. The van der Waals surface area contributed by atoms with Crippen molar-refractivity contribution in [3.63, 3.8) is 0 Å². The molecule has 10 nitrogen and oxygen atoms in total. The first-order chi connectivity index (χ1) is 27.4. The van der Waals surface area contributed by atoms with Gasteiger partial charge in [0.2, 0.25) is 0 Å². The standard InChI is InChI=1S/C46H82NO9P/c1-6-8-10-11-12-13-14-15-16-17-20-24-27-30-34-38-46(50)56-44(42-55-57(51,52)54-40-39-47(3,4)5)41-53-45(49)37-33-29-26-23-21-18-19-22-25-28-32-36-43(48)35-31-9-7-2/h13-14,18-19,23,25-26,28,32,36,43-44,48H,6-12,15-17,20-22,24,27,29-31,33-35,37-42H2,1-5H3/p+1/b14-13-,19-18-,26-23-,28-25-,36-32+/t43-,44-/m1/s1. The topological polar surface area (TPSA) is 129 Å². The van der Waals surface area contributed by atoms with Gasteiger partial charge < -0.3 is 24.0 Å². The Morgan fingerprint density at radius 1 is 0.632 bits per heavy atom. The van der Waals surface area contributed by atoms with Gasteiger partial charge in [-0.3, -0.25) is 18.6 Å². The van der Waals surface area contributed by atoms with Crippen molar-refractivity contribution in [1.82, 2.24) is 0 Å². The summed E-state index contributed by atoms with van der Waals surface area (Å²) in [5.41, 5.74) is 0. The number of aliphatic hydroxyl groups is 1. The number of hydrogen-bond donors (Lipinski definition) is 2. The molecule has 0 spiro atoms. The largest absolute Gasteiger partial charge is 0.472 e. The van der Waals surface area contributed by atoms with Crippen LogP contribution < -0.4 is 0 Å². The van der Waals surface area contributed by atoms with Crippen molar-refractivity contribution in [2.75, 3.05) is 47.5 Å². The van der Waals surface area contributed by atoms with Crippen LogP contribution in [-0.4, -0.2) is 86.1 Å². The molecule has 0 amide bonds. The van der Waals surface area contributed by atoms with Crippen LogP contribution in [0.3, 0.4) is 0 Å². The molecule has 0 heterocycles. The number of nitrogens with zero attached hydrogens (tertiary/aromatic N) is 1. The second-order valence-electron chi connectivity index (χ2n) is 15.9. The molecule has 0 rings (SSSR count). The summed E-state index contributed by atoms with van der Waals surface area (Å²) in [6, 6.07) is 0. The van der Waals surface area contributed by atoms with Gasteiger partial charge in [-0.05, 0) is 64.2 Å². The zero-order valence-corrected chi connectivity index (χ0v) is 37.6. The molecule has 330 valence electrons. The number of rotatable bonds is 39. The Labute approximate surface area is 348 Å². The van der Waals surface area contributed by atoms with Gasteiger partial charge >= 0.3 is 19.8 Å². The summed E-state index contributed by atoms with van der Waals surface area (Å²) in [4.78, 5) is 35.3. The first kappa shape index (κ1) is 54.7. The molecule has 0 fully saturated rings. The Morgan fingerprint density at radius 3 is 1.84 bits per heavy atom. The van der Waals surface area contributed by atoms with Gasteiger partial charge in [0.05, 0.1) is 33.9 Å². The molecule has 57 heavy (non-hydrogen) atoms. The van der Waals surface area contributed by atoms with Crippen molar-refractivity contribution in [3.05, 3.63) is 60.8 Å². The quantitative estimate of drug-likeness (QED) is 0.0155. The third-order valence-electron chi connectivity index (χ3n) is 9.12. The highest BCUT2D eigenvalue weighted by atomic mass is 31.2. The molecule has 2 N–H and O–H groups in total. The van der Waals surface area contributed by atoms with Crippen LogP contribution in [0.1, 0.15) is 162 Å². The van der Waals surface area contributed by atoms with Gasteiger partial charge in [0.25, 0.3) is 0 Å². The van der Waals surface area contributed by atoms with Crippen LogP contribution in [0.25, 0.3) is 0 Å². The van der Waals surface area contributed by atoms with E-state index in [4.69, 9.17) is 18.5 Å². The van der Waals surface area contributed by atoms with Crippen LogP contribution in [0.5, 0.6) is 0 Å². The van der Waals surface area contributed by atoms with Crippen LogP contribution in [0.2, 0.25) is 0 Å². The number of carbonyl (C=O) groups excluding carboxylic acids is 2. The molecule has 3 atom stereocenters. The zero-order valence-electron chi connectivity index (χ0n) is 36.7. The number of carbonyl (C=O) groups is 2. The minimum atomic E-state index is -4.40. The van der Waals surface area contributed by atoms with Gasteiger partial charge in [0, 0.05) is 12.8 Å². The lowest BCUT2D eigenvalue weighted by Crippen LogP contribution is -2.37. The fraction of sp³-hybridized carbons (Fsp3) is 0.739. The Bertz CT molecular complexity index is 1170. The lowest BCUT2D eigenvalue weighted by molar-refractivity contribution is -0.870.